The fraction of sp³-hybridized carbons (Fsp3) is 0.368. The van der Waals surface area contributed by atoms with E-state index in [4.69, 9.17) is 19.9 Å². The van der Waals surface area contributed by atoms with Crippen molar-refractivity contribution in [2.75, 3.05) is 19.0 Å². The number of amides is 1. The Balaban J connectivity index is 1.61. The molecule has 1 aromatic heterocycles. The maximum absolute atomic E-state index is 12.2. The zero-order valence-electron chi connectivity index (χ0n) is 14.9. The van der Waals surface area contributed by atoms with Gasteiger partial charge in [0.15, 0.2) is 11.5 Å². The summed E-state index contributed by atoms with van der Waals surface area (Å²) in [4.78, 5) is 16.4. The summed E-state index contributed by atoms with van der Waals surface area (Å²) < 4.78 is 16.7. The van der Waals surface area contributed by atoms with Gasteiger partial charge in [-0.3, -0.25) is 4.79 Å². The maximum Gasteiger partial charge on any atom is 0.253 e. The van der Waals surface area contributed by atoms with E-state index < -0.39 is 6.10 Å². The van der Waals surface area contributed by atoms with Crippen molar-refractivity contribution in [1.29, 1.82) is 0 Å². The molecule has 0 bridgehead atoms. The quantitative estimate of drug-likeness (QED) is 0.825. The number of aromatic nitrogens is 1. The summed E-state index contributed by atoms with van der Waals surface area (Å²) >= 11 is 0. The van der Waals surface area contributed by atoms with Crippen molar-refractivity contribution in [3.63, 3.8) is 0 Å². The highest BCUT2D eigenvalue weighted by Gasteiger charge is 2.29. The number of aryl methyl sites for hydroxylation is 1. The van der Waals surface area contributed by atoms with E-state index in [1.165, 1.54) is 0 Å². The molecular formula is C19H23N3O4. The Labute approximate surface area is 152 Å². The molecule has 0 saturated carbocycles. The van der Waals surface area contributed by atoms with Gasteiger partial charge in [-0.1, -0.05) is 6.07 Å². The number of hydrogen-bond acceptors (Lipinski definition) is 6. The molecular weight excluding hydrogens is 334 g/mol. The molecule has 1 aliphatic rings. The van der Waals surface area contributed by atoms with Crippen LogP contribution in [0.4, 0.5) is 5.69 Å². The minimum atomic E-state index is -0.462. The van der Waals surface area contributed by atoms with Crippen LogP contribution in [0.25, 0.3) is 0 Å². The summed E-state index contributed by atoms with van der Waals surface area (Å²) in [7, 11) is 1.59. The first kappa shape index (κ1) is 18.2. The average molecular weight is 357 g/mol. The van der Waals surface area contributed by atoms with Crippen LogP contribution in [0, 0.1) is 6.92 Å². The molecule has 7 heteroatoms. The molecule has 1 aliphatic heterocycles. The van der Waals surface area contributed by atoms with Crippen molar-refractivity contribution in [3.05, 3.63) is 42.1 Å². The average Bonchev–Trinajstić information content (AvgIpc) is 3.14. The number of carbonyl (C=O) groups is 1. The number of nitrogens with zero attached hydrogens (tertiary/aromatic N) is 1. The van der Waals surface area contributed by atoms with Gasteiger partial charge >= 0.3 is 0 Å². The Kier molecular flexibility index (Phi) is 5.70. The smallest absolute Gasteiger partial charge is 0.253 e. The number of carbonyl (C=O) groups excluding carboxylic acids is 1. The number of methoxy groups -OCH3 is 1. The molecule has 1 amide bonds. The van der Waals surface area contributed by atoms with Gasteiger partial charge in [-0.15, -0.1) is 0 Å². The van der Waals surface area contributed by atoms with Crippen LogP contribution >= 0.6 is 0 Å². The third kappa shape index (κ3) is 4.30. The van der Waals surface area contributed by atoms with Crippen LogP contribution in [-0.2, 0) is 9.53 Å². The number of ether oxygens (including phenoxy) is 3. The molecule has 26 heavy (non-hydrogen) atoms. The molecule has 138 valence electrons. The number of rotatable bonds is 6. The standard InChI is InChI=1S/C19H23N3O4/c1-12-3-6-15(17(9-12)24-2)26-18-8-4-13(11-21-18)22-19(23)16-7-5-14(10-20)25-16/h3-4,6,8-9,11,14,16H,5,7,10,20H2,1-2H3,(H,22,23)/t14-,16+/m1/s1. The Morgan fingerprint density at radius 2 is 2.15 bits per heavy atom. The molecule has 1 aromatic carbocycles. The second-order valence-electron chi connectivity index (χ2n) is 6.19. The number of benzene rings is 1. The fourth-order valence-electron chi connectivity index (χ4n) is 2.78. The SMILES string of the molecule is COc1cc(C)ccc1Oc1ccc(NC(=O)[C@@H]2CC[C@H](CN)O2)cn1. The Morgan fingerprint density at radius 1 is 1.31 bits per heavy atom. The van der Waals surface area contributed by atoms with Gasteiger partial charge in [0.2, 0.25) is 5.88 Å². The molecule has 0 spiro atoms. The topological polar surface area (TPSA) is 95.7 Å². The highest BCUT2D eigenvalue weighted by Crippen LogP contribution is 2.31. The number of anilines is 1. The largest absolute Gasteiger partial charge is 0.493 e. The molecule has 7 nitrogen and oxygen atoms in total. The number of pyridine rings is 1. The van der Waals surface area contributed by atoms with Crippen molar-refractivity contribution in [2.45, 2.75) is 32.0 Å². The fourth-order valence-corrected chi connectivity index (χ4v) is 2.78. The van der Waals surface area contributed by atoms with E-state index >= 15 is 0 Å². The molecule has 2 heterocycles. The zero-order valence-corrected chi connectivity index (χ0v) is 14.9. The van der Waals surface area contributed by atoms with Gasteiger partial charge in [0, 0.05) is 12.6 Å². The second-order valence-corrected chi connectivity index (χ2v) is 6.19. The van der Waals surface area contributed by atoms with Crippen molar-refractivity contribution in [3.8, 4) is 17.4 Å². The molecule has 3 N–H and O–H groups in total. The Morgan fingerprint density at radius 3 is 2.81 bits per heavy atom. The van der Waals surface area contributed by atoms with E-state index in [-0.39, 0.29) is 12.0 Å². The highest BCUT2D eigenvalue weighted by atomic mass is 16.5. The summed E-state index contributed by atoms with van der Waals surface area (Å²) in [5.41, 5.74) is 7.22. The predicted octanol–water partition coefficient (Wildman–Crippen LogP) is 2.64. The van der Waals surface area contributed by atoms with Gasteiger partial charge in [-0.2, -0.15) is 0 Å². The molecule has 2 atom stereocenters. The van der Waals surface area contributed by atoms with Gasteiger partial charge in [0.25, 0.3) is 5.91 Å². The molecule has 3 rings (SSSR count). The molecule has 1 fully saturated rings. The predicted molar refractivity (Wildman–Crippen MR) is 97.6 cm³/mol. The van der Waals surface area contributed by atoms with Gasteiger partial charge < -0.3 is 25.3 Å². The monoisotopic (exact) mass is 357 g/mol. The molecule has 2 aromatic rings. The van der Waals surface area contributed by atoms with Crippen LogP contribution in [0.15, 0.2) is 36.5 Å². The first-order valence-electron chi connectivity index (χ1n) is 8.54. The summed E-state index contributed by atoms with van der Waals surface area (Å²) in [6.07, 6.45) is 2.53. The molecule has 0 aliphatic carbocycles. The lowest BCUT2D eigenvalue weighted by Gasteiger charge is -2.13. The van der Waals surface area contributed by atoms with E-state index in [0.29, 0.717) is 36.0 Å². The van der Waals surface area contributed by atoms with Crippen molar-refractivity contribution >= 4 is 11.6 Å². The minimum absolute atomic E-state index is 0.0378. The van der Waals surface area contributed by atoms with Crippen LogP contribution in [0.1, 0.15) is 18.4 Å². The molecule has 1 saturated heterocycles. The van der Waals surface area contributed by atoms with E-state index in [1.54, 1.807) is 25.4 Å². The van der Waals surface area contributed by atoms with Crippen LogP contribution in [-0.4, -0.2) is 36.8 Å². The van der Waals surface area contributed by atoms with Gasteiger partial charge in [-0.25, -0.2) is 4.98 Å². The first-order valence-corrected chi connectivity index (χ1v) is 8.54. The van der Waals surface area contributed by atoms with Gasteiger partial charge in [0.05, 0.1) is 25.1 Å². The van der Waals surface area contributed by atoms with E-state index in [9.17, 15) is 4.79 Å². The van der Waals surface area contributed by atoms with Gasteiger partial charge in [-0.05, 0) is 43.5 Å². The first-order chi connectivity index (χ1) is 12.6. The number of nitrogens with two attached hydrogens (primary N) is 1. The number of hydrogen-bond donors (Lipinski definition) is 2. The summed E-state index contributed by atoms with van der Waals surface area (Å²) in [6, 6.07) is 9.07. The third-order valence-electron chi connectivity index (χ3n) is 4.20. The maximum atomic E-state index is 12.2. The lowest BCUT2D eigenvalue weighted by Crippen LogP contribution is -2.29. The molecule has 0 radical (unpaired) electrons. The molecule has 0 unspecified atom stereocenters. The van der Waals surface area contributed by atoms with Crippen LogP contribution in [0.3, 0.4) is 0 Å². The number of nitrogens with one attached hydrogen (secondary N) is 1. The Bertz CT molecular complexity index is 764. The highest BCUT2D eigenvalue weighted by molar-refractivity contribution is 5.94. The van der Waals surface area contributed by atoms with E-state index in [0.717, 1.165) is 12.0 Å². The van der Waals surface area contributed by atoms with Crippen LogP contribution in [0.5, 0.6) is 17.4 Å². The minimum Gasteiger partial charge on any atom is -0.493 e. The summed E-state index contributed by atoms with van der Waals surface area (Å²) in [6.45, 7) is 2.41. The Hall–Kier alpha value is -2.64. The lowest BCUT2D eigenvalue weighted by molar-refractivity contribution is -0.126. The van der Waals surface area contributed by atoms with E-state index in [2.05, 4.69) is 10.3 Å². The van der Waals surface area contributed by atoms with Crippen LogP contribution < -0.4 is 20.5 Å². The van der Waals surface area contributed by atoms with Crippen LogP contribution in [0.2, 0.25) is 0 Å². The zero-order chi connectivity index (χ0) is 18.5. The van der Waals surface area contributed by atoms with Gasteiger partial charge in [0.1, 0.15) is 6.10 Å². The van der Waals surface area contributed by atoms with E-state index in [1.807, 2.05) is 25.1 Å². The second kappa shape index (κ2) is 8.16. The van der Waals surface area contributed by atoms with Crippen molar-refractivity contribution in [2.24, 2.45) is 5.73 Å². The van der Waals surface area contributed by atoms with Crippen molar-refractivity contribution < 1.29 is 19.0 Å². The lowest BCUT2D eigenvalue weighted by atomic mass is 10.2. The summed E-state index contributed by atoms with van der Waals surface area (Å²) in [5.74, 6) is 1.44. The van der Waals surface area contributed by atoms with Crippen molar-refractivity contribution in [1.82, 2.24) is 4.98 Å². The third-order valence-corrected chi connectivity index (χ3v) is 4.20. The summed E-state index contributed by atoms with van der Waals surface area (Å²) in [5, 5.41) is 2.80. The normalized spacial score (nSPS) is 19.2.